The Hall–Kier alpha value is -2.60. The van der Waals surface area contributed by atoms with Crippen molar-refractivity contribution >= 4 is 17.7 Å². The third-order valence-electron chi connectivity index (χ3n) is 5.15. The van der Waals surface area contributed by atoms with Crippen LogP contribution in [-0.2, 0) is 17.8 Å². The van der Waals surface area contributed by atoms with Crippen LogP contribution in [0.2, 0.25) is 0 Å². The van der Waals surface area contributed by atoms with Gasteiger partial charge in [-0.2, -0.15) is 0 Å². The van der Waals surface area contributed by atoms with Gasteiger partial charge >= 0.3 is 0 Å². The fourth-order valence-electron chi connectivity index (χ4n) is 3.42. The van der Waals surface area contributed by atoms with Gasteiger partial charge in [-0.15, -0.1) is 10.2 Å². The molecule has 5 nitrogen and oxygen atoms in total. The fourth-order valence-corrected chi connectivity index (χ4v) is 4.38. The molecule has 1 aromatic heterocycles. The number of amides is 1. The number of benzene rings is 2. The molecule has 0 unspecified atom stereocenters. The van der Waals surface area contributed by atoms with E-state index in [-0.39, 0.29) is 5.91 Å². The van der Waals surface area contributed by atoms with Crippen molar-refractivity contribution in [2.24, 2.45) is 0 Å². The minimum absolute atomic E-state index is 0.137. The van der Waals surface area contributed by atoms with Crippen LogP contribution in [0.5, 0.6) is 0 Å². The number of carbonyl (C=O) groups excluding carboxylic acids is 1. The molecule has 150 valence electrons. The molecule has 1 saturated carbocycles. The lowest BCUT2D eigenvalue weighted by Gasteiger charge is -2.23. The zero-order chi connectivity index (χ0) is 20.1. The highest BCUT2D eigenvalue weighted by molar-refractivity contribution is 7.99. The van der Waals surface area contributed by atoms with Gasteiger partial charge in [0.15, 0.2) is 5.16 Å². The van der Waals surface area contributed by atoms with Gasteiger partial charge in [0.05, 0.1) is 5.75 Å². The van der Waals surface area contributed by atoms with Crippen molar-refractivity contribution in [1.29, 1.82) is 0 Å². The Morgan fingerprint density at radius 2 is 1.69 bits per heavy atom. The molecule has 3 aromatic rings. The first-order chi connectivity index (χ1) is 14.2. The van der Waals surface area contributed by atoms with Gasteiger partial charge in [-0.25, -0.2) is 0 Å². The van der Waals surface area contributed by atoms with Crippen LogP contribution < -0.4 is 0 Å². The van der Waals surface area contributed by atoms with E-state index in [0.29, 0.717) is 24.9 Å². The molecule has 1 amide bonds. The van der Waals surface area contributed by atoms with Gasteiger partial charge in [-0.05, 0) is 37.3 Å². The molecule has 2 aromatic carbocycles. The minimum Gasteiger partial charge on any atom is -0.337 e. The Labute approximate surface area is 176 Å². The van der Waals surface area contributed by atoms with Crippen molar-refractivity contribution in [1.82, 2.24) is 19.7 Å². The van der Waals surface area contributed by atoms with Crippen molar-refractivity contribution in [3.05, 3.63) is 77.6 Å². The summed E-state index contributed by atoms with van der Waals surface area (Å²) in [5.41, 5.74) is 2.39. The van der Waals surface area contributed by atoms with Crippen LogP contribution in [0.1, 0.15) is 35.8 Å². The van der Waals surface area contributed by atoms with E-state index in [1.165, 1.54) is 30.2 Å². The molecular formula is C23H26N4OS. The molecular weight excluding hydrogens is 380 g/mol. The van der Waals surface area contributed by atoms with Gasteiger partial charge in [0.25, 0.3) is 0 Å². The first-order valence-corrected chi connectivity index (χ1v) is 11.1. The van der Waals surface area contributed by atoms with Gasteiger partial charge in [0, 0.05) is 19.1 Å². The first-order valence-electron chi connectivity index (χ1n) is 10.1. The van der Waals surface area contributed by atoms with Crippen molar-refractivity contribution in [3.63, 3.8) is 0 Å². The maximum absolute atomic E-state index is 13.1. The summed E-state index contributed by atoms with van der Waals surface area (Å²) in [6, 6.07) is 21.0. The summed E-state index contributed by atoms with van der Waals surface area (Å²) in [7, 11) is 0. The highest BCUT2D eigenvalue weighted by Crippen LogP contribution is 2.38. The number of carbonyl (C=O) groups is 1. The maximum Gasteiger partial charge on any atom is 0.233 e. The third-order valence-corrected chi connectivity index (χ3v) is 6.08. The summed E-state index contributed by atoms with van der Waals surface area (Å²) in [6.07, 6.45) is 3.20. The molecule has 29 heavy (non-hydrogen) atoms. The van der Waals surface area contributed by atoms with Gasteiger partial charge in [-0.1, -0.05) is 72.4 Å². The second-order valence-electron chi connectivity index (χ2n) is 7.46. The van der Waals surface area contributed by atoms with E-state index in [4.69, 9.17) is 0 Å². The smallest absolute Gasteiger partial charge is 0.233 e. The number of hydrogen-bond acceptors (Lipinski definition) is 4. The van der Waals surface area contributed by atoms with Gasteiger partial charge in [0.1, 0.15) is 5.82 Å². The summed E-state index contributed by atoms with van der Waals surface area (Å²) < 4.78 is 2.18. The van der Waals surface area contributed by atoms with E-state index in [2.05, 4.69) is 39.0 Å². The van der Waals surface area contributed by atoms with Crippen LogP contribution in [-0.4, -0.2) is 37.9 Å². The van der Waals surface area contributed by atoms with Crippen LogP contribution in [0.3, 0.4) is 0 Å². The highest BCUT2D eigenvalue weighted by Gasteiger charge is 2.28. The number of hydrogen-bond donors (Lipinski definition) is 0. The van der Waals surface area contributed by atoms with E-state index in [0.717, 1.165) is 23.0 Å². The molecule has 0 atom stereocenters. The predicted molar refractivity (Wildman–Crippen MR) is 116 cm³/mol. The van der Waals surface area contributed by atoms with Crippen molar-refractivity contribution in [2.75, 3.05) is 12.3 Å². The van der Waals surface area contributed by atoms with Crippen molar-refractivity contribution in [2.45, 2.75) is 43.9 Å². The molecule has 1 aliphatic carbocycles. The van der Waals surface area contributed by atoms with E-state index >= 15 is 0 Å². The number of aryl methyl sites for hydroxylation is 1. The lowest BCUT2D eigenvalue weighted by molar-refractivity contribution is -0.128. The third kappa shape index (κ3) is 5.26. The normalized spacial score (nSPS) is 13.4. The summed E-state index contributed by atoms with van der Waals surface area (Å²) in [5, 5.41) is 9.36. The summed E-state index contributed by atoms with van der Waals surface area (Å²) in [6.45, 7) is 3.31. The van der Waals surface area contributed by atoms with E-state index < -0.39 is 0 Å². The lowest BCUT2D eigenvalue weighted by atomic mass is 10.1. The minimum atomic E-state index is 0.137. The molecule has 1 heterocycles. The standard InChI is InChI=1S/C23H26N4OS/c1-18-24-25-23(27(18)21-12-13-21)29-17-22(28)26(16-20-10-6-3-7-11-20)15-14-19-8-4-2-5-9-19/h2-11,21H,12-17H2,1H3. The molecule has 0 bridgehead atoms. The summed E-state index contributed by atoms with van der Waals surface area (Å²) >= 11 is 1.50. The highest BCUT2D eigenvalue weighted by atomic mass is 32.2. The fraction of sp³-hybridized carbons (Fsp3) is 0.348. The molecule has 0 spiro atoms. The van der Waals surface area contributed by atoms with Gasteiger partial charge in [-0.3, -0.25) is 4.79 Å². The number of thioether (sulfide) groups is 1. The van der Waals surface area contributed by atoms with Crippen LogP contribution in [0.15, 0.2) is 65.8 Å². The Kier molecular flexibility index (Phi) is 6.30. The largest absolute Gasteiger partial charge is 0.337 e. The monoisotopic (exact) mass is 406 g/mol. The maximum atomic E-state index is 13.1. The SMILES string of the molecule is Cc1nnc(SCC(=O)N(CCc2ccccc2)Cc2ccccc2)n1C1CC1. The van der Waals surface area contributed by atoms with Crippen LogP contribution in [0.4, 0.5) is 0 Å². The average molecular weight is 407 g/mol. The van der Waals surface area contributed by atoms with Crippen LogP contribution in [0.25, 0.3) is 0 Å². The molecule has 0 N–H and O–H groups in total. The first kappa shape index (κ1) is 19.7. The van der Waals surface area contributed by atoms with E-state index in [1.807, 2.05) is 48.2 Å². The molecule has 4 rings (SSSR count). The molecule has 1 aliphatic rings. The zero-order valence-electron chi connectivity index (χ0n) is 16.7. The molecule has 0 aliphatic heterocycles. The van der Waals surface area contributed by atoms with Gasteiger partial charge < -0.3 is 9.47 Å². The van der Waals surface area contributed by atoms with Crippen LogP contribution >= 0.6 is 11.8 Å². The number of nitrogens with zero attached hydrogens (tertiary/aromatic N) is 4. The average Bonchev–Trinajstić information content (AvgIpc) is 3.52. The quantitative estimate of drug-likeness (QED) is 0.498. The lowest BCUT2D eigenvalue weighted by Crippen LogP contribution is -2.34. The number of aromatic nitrogens is 3. The van der Waals surface area contributed by atoms with Crippen LogP contribution in [0, 0.1) is 6.92 Å². The number of rotatable bonds is 9. The van der Waals surface area contributed by atoms with E-state index in [9.17, 15) is 4.79 Å². The zero-order valence-corrected chi connectivity index (χ0v) is 17.5. The van der Waals surface area contributed by atoms with Crippen molar-refractivity contribution in [3.8, 4) is 0 Å². The molecule has 1 fully saturated rings. The molecule has 0 saturated heterocycles. The second kappa shape index (κ2) is 9.27. The van der Waals surface area contributed by atoms with Gasteiger partial charge in [0.2, 0.25) is 5.91 Å². The predicted octanol–water partition coefficient (Wildman–Crippen LogP) is 4.29. The Bertz CT molecular complexity index is 938. The summed E-state index contributed by atoms with van der Waals surface area (Å²) in [5.74, 6) is 1.46. The Balaban J connectivity index is 1.42. The van der Waals surface area contributed by atoms with Crippen molar-refractivity contribution < 1.29 is 4.79 Å². The van der Waals surface area contributed by atoms with E-state index in [1.54, 1.807) is 0 Å². The molecule has 0 radical (unpaired) electrons. The Morgan fingerprint density at radius 1 is 1.03 bits per heavy atom. The molecule has 6 heteroatoms. The topological polar surface area (TPSA) is 51.0 Å². The summed E-state index contributed by atoms with van der Waals surface area (Å²) in [4.78, 5) is 15.1. The second-order valence-corrected chi connectivity index (χ2v) is 8.40. The Morgan fingerprint density at radius 3 is 2.34 bits per heavy atom.